The summed E-state index contributed by atoms with van der Waals surface area (Å²) in [7, 11) is 1.69. The van der Waals surface area contributed by atoms with Crippen LogP contribution in [0.25, 0.3) is 5.69 Å². The quantitative estimate of drug-likeness (QED) is 0.483. The number of anilines is 1. The fraction of sp³-hybridized carbons (Fsp3) is 0.538. The van der Waals surface area contributed by atoms with Crippen molar-refractivity contribution in [3.05, 3.63) is 52.6 Å². The van der Waals surface area contributed by atoms with Gasteiger partial charge in [0.15, 0.2) is 0 Å². The summed E-state index contributed by atoms with van der Waals surface area (Å²) < 4.78 is 6.92. The van der Waals surface area contributed by atoms with Crippen LogP contribution >= 0.6 is 0 Å². The summed E-state index contributed by atoms with van der Waals surface area (Å²) in [4.78, 5) is 47.3. The number of ether oxygens (including phenoxy) is 1. The maximum atomic E-state index is 12.7. The van der Waals surface area contributed by atoms with Gasteiger partial charge in [0.05, 0.1) is 17.3 Å². The van der Waals surface area contributed by atoms with Crippen molar-refractivity contribution in [3.63, 3.8) is 0 Å². The Morgan fingerprint density at radius 1 is 1.08 bits per heavy atom. The van der Waals surface area contributed by atoms with Crippen LogP contribution in [-0.2, 0) is 16.1 Å². The molecule has 0 radical (unpaired) electrons. The zero-order valence-electron chi connectivity index (χ0n) is 22.3. The molecule has 2 aliphatic rings. The van der Waals surface area contributed by atoms with E-state index in [1.54, 1.807) is 43.0 Å². The van der Waals surface area contributed by atoms with Crippen LogP contribution in [0.2, 0.25) is 0 Å². The molecule has 5 N–H and O–H groups in total. The Kier molecular flexibility index (Phi) is 8.46. The van der Waals surface area contributed by atoms with Gasteiger partial charge in [0.2, 0.25) is 5.91 Å². The van der Waals surface area contributed by atoms with E-state index in [4.69, 9.17) is 16.2 Å². The van der Waals surface area contributed by atoms with Crippen LogP contribution in [0, 0.1) is 0 Å². The number of nitrogens with two attached hydrogens (primary N) is 2. The zero-order chi connectivity index (χ0) is 27.4. The molecule has 1 aromatic carbocycles. The molecule has 12 heteroatoms. The van der Waals surface area contributed by atoms with Crippen LogP contribution in [0.4, 0.5) is 10.6 Å². The van der Waals surface area contributed by atoms with Gasteiger partial charge in [-0.25, -0.2) is 9.59 Å². The van der Waals surface area contributed by atoms with E-state index < -0.39 is 11.2 Å². The van der Waals surface area contributed by atoms with Gasteiger partial charge in [0.25, 0.3) is 0 Å². The number of likely N-dealkylation sites (tertiary alicyclic amines) is 1. The summed E-state index contributed by atoms with van der Waals surface area (Å²) in [6, 6.07) is 9.02. The number of nitrogens with one attached hydrogen (secondary N) is 1. The number of carbonyl (C=O) groups excluding carboxylic acids is 2. The van der Waals surface area contributed by atoms with Crippen molar-refractivity contribution in [1.29, 1.82) is 0 Å². The number of piperidine rings is 1. The average Bonchev–Trinajstić information content (AvgIpc) is 2.89. The molecule has 1 aromatic heterocycles. The molecule has 0 bridgehead atoms. The molecule has 3 heterocycles. The molecular weight excluding hydrogens is 488 g/mol. The number of piperazine rings is 1. The summed E-state index contributed by atoms with van der Waals surface area (Å²) in [5, 5.41) is 2.68. The fourth-order valence-electron chi connectivity index (χ4n) is 4.79. The number of carbonyl (C=O) groups is 2. The van der Waals surface area contributed by atoms with Crippen LogP contribution in [0.15, 0.2) is 41.3 Å². The Morgan fingerprint density at radius 2 is 1.74 bits per heavy atom. The second-order valence-corrected chi connectivity index (χ2v) is 10.5. The molecule has 38 heavy (non-hydrogen) atoms. The molecule has 2 atom stereocenters. The summed E-state index contributed by atoms with van der Waals surface area (Å²) in [5.41, 5.74) is 12.4. The molecule has 0 aliphatic carbocycles. The van der Waals surface area contributed by atoms with Crippen molar-refractivity contribution in [2.24, 2.45) is 11.5 Å². The van der Waals surface area contributed by atoms with Crippen LogP contribution in [0.3, 0.4) is 0 Å². The van der Waals surface area contributed by atoms with Gasteiger partial charge in [0.1, 0.15) is 5.82 Å². The minimum Gasteiger partial charge on any atom is -0.379 e. The predicted molar refractivity (Wildman–Crippen MR) is 144 cm³/mol. The van der Waals surface area contributed by atoms with E-state index in [1.807, 2.05) is 24.3 Å². The Labute approximate surface area is 222 Å². The number of aromatic nitrogens is 2. The van der Waals surface area contributed by atoms with Crippen molar-refractivity contribution in [2.45, 2.75) is 44.5 Å². The van der Waals surface area contributed by atoms with Crippen molar-refractivity contribution in [2.75, 3.05) is 51.7 Å². The number of hydrogen-bond donors (Lipinski definition) is 3. The first-order valence-corrected chi connectivity index (χ1v) is 12.9. The minimum absolute atomic E-state index is 0.0315. The van der Waals surface area contributed by atoms with E-state index in [9.17, 15) is 14.4 Å². The molecule has 4 rings (SSSR count). The lowest BCUT2D eigenvalue weighted by molar-refractivity contribution is -0.137. The number of hydrogen-bond acceptors (Lipinski definition) is 8. The highest BCUT2D eigenvalue weighted by atomic mass is 16.5. The van der Waals surface area contributed by atoms with E-state index >= 15 is 0 Å². The molecule has 12 nitrogen and oxygen atoms in total. The van der Waals surface area contributed by atoms with Crippen LogP contribution in [0.1, 0.15) is 25.8 Å². The summed E-state index contributed by atoms with van der Waals surface area (Å²) in [5.74, 6) is 0.0253. The van der Waals surface area contributed by atoms with Gasteiger partial charge in [-0.3, -0.25) is 19.6 Å². The van der Waals surface area contributed by atoms with Gasteiger partial charge in [-0.15, -0.1) is 0 Å². The molecule has 2 aliphatic heterocycles. The minimum atomic E-state index is -0.950. The third kappa shape index (κ3) is 6.57. The summed E-state index contributed by atoms with van der Waals surface area (Å²) in [6.45, 7) is 7.35. The van der Waals surface area contributed by atoms with E-state index in [0.717, 1.165) is 31.6 Å². The maximum absolute atomic E-state index is 12.7. The second-order valence-electron chi connectivity index (χ2n) is 10.5. The van der Waals surface area contributed by atoms with Crippen molar-refractivity contribution in [1.82, 2.24) is 24.3 Å². The first-order valence-electron chi connectivity index (χ1n) is 12.9. The predicted octanol–water partition coefficient (Wildman–Crippen LogP) is 0.194. The van der Waals surface area contributed by atoms with Crippen molar-refractivity contribution < 1.29 is 14.3 Å². The molecule has 0 saturated carbocycles. The van der Waals surface area contributed by atoms with Gasteiger partial charge in [-0.1, -0.05) is 12.1 Å². The van der Waals surface area contributed by atoms with Gasteiger partial charge < -0.3 is 26.0 Å². The van der Waals surface area contributed by atoms with Gasteiger partial charge >= 0.3 is 11.7 Å². The molecule has 0 unspecified atom stereocenters. The number of amides is 3. The Bertz CT molecular complexity index is 1180. The molecule has 0 spiro atoms. The lowest BCUT2D eigenvalue weighted by Gasteiger charge is -2.37. The fourth-order valence-corrected chi connectivity index (χ4v) is 4.79. The summed E-state index contributed by atoms with van der Waals surface area (Å²) >= 11 is 0. The largest absolute Gasteiger partial charge is 0.379 e. The highest BCUT2D eigenvalue weighted by Crippen LogP contribution is 2.17. The van der Waals surface area contributed by atoms with Crippen molar-refractivity contribution >= 4 is 17.8 Å². The lowest BCUT2D eigenvalue weighted by atomic mass is 10.0. The second kappa shape index (κ2) is 11.6. The number of methoxy groups -OCH3 is 1. The van der Waals surface area contributed by atoms with E-state index in [1.165, 1.54) is 4.57 Å². The molecule has 2 saturated heterocycles. The SMILES string of the molecule is CO[C@H]1CN(Cc2ccc(-n3ccc(NC(=O)N4CCN(C(=O)C(C)(C)N)CC4)nc3=O)cc2)CC[C@@H]1N. The number of benzene rings is 1. The third-order valence-corrected chi connectivity index (χ3v) is 7.06. The first kappa shape index (κ1) is 27.7. The van der Waals surface area contributed by atoms with E-state index in [2.05, 4.69) is 15.2 Å². The third-order valence-electron chi connectivity index (χ3n) is 7.06. The summed E-state index contributed by atoms with van der Waals surface area (Å²) in [6.07, 6.45) is 2.52. The number of nitrogens with zero attached hydrogens (tertiary/aromatic N) is 5. The lowest BCUT2D eigenvalue weighted by Crippen LogP contribution is -2.58. The monoisotopic (exact) mass is 526 g/mol. The van der Waals surface area contributed by atoms with Crippen LogP contribution in [-0.4, -0.2) is 100 Å². The normalized spacial score (nSPS) is 20.9. The number of urea groups is 1. The van der Waals surface area contributed by atoms with Gasteiger partial charge in [0, 0.05) is 65.2 Å². The molecule has 2 aromatic rings. The maximum Gasteiger partial charge on any atom is 0.354 e. The van der Waals surface area contributed by atoms with Crippen LogP contribution < -0.4 is 22.5 Å². The highest BCUT2D eigenvalue weighted by Gasteiger charge is 2.31. The van der Waals surface area contributed by atoms with Crippen molar-refractivity contribution in [3.8, 4) is 5.69 Å². The Hall–Kier alpha value is -3.32. The molecular formula is C26H38N8O4. The van der Waals surface area contributed by atoms with Gasteiger partial charge in [-0.2, -0.15) is 4.98 Å². The Balaban J connectivity index is 1.32. The Morgan fingerprint density at radius 3 is 2.34 bits per heavy atom. The van der Waals surface area contributed by atoms with Gasteiger partial charge in [-0.05, 0) is 44.0 Å². The molecule has 3 amide bonds. The first-order chi connectivity index (χ1) is 18.0. The zero-order valence-corrected chi connectivity index (χ0v) is 22.3. The molecule has 2 fully saturated rings. The highest BCUT2D eigenvalue weighted by molar-refractivity contribution is 5.89. The number of rotatable bonds is 6. The standard InChI is InChI=1S/C26H38N8O4/c1-26(2,28)23(35)32-12-14-33(15-13-32)24(36)29-22-9-11-34(25(37)30-22)19-6-4-18(5-7-19)16-31-10-8-20(27)21(17-31)38-3/h4-7,9,11,20-21H,8,10,12-17,27-28H2,1-3H3,(H,29,30,36,37)/t20-,21-/m0/s1. The van der Waals surface area contributed by atoms with E-state index in [-0.39, 0.29) is 29.9 Å². The van der Waals surface area contributed by atoms with E-state index in [0.29, 0.717) is 31.9 Å². The van der Waals surface area contributed by atoms with Crippen LogP contribution in [0.5, 0.6) is 0 Å². The topological polar surface area (TPSA) is 152 Å². The average molecular weight is 527 g/mol. The molecule has 206 valence electrons. The smallest absolute Gasteiger partial charge is 0.354 e.